The molecule has 39 heavy (non-hydrogen) atoms. The number of rotatable bonds is 27. The van der Waals surface area contributed by atoms with Gasteiger partial charge in [0.1, 0.15) is 0 Å². The molecule has 0 spiro atoms. The Morgan fingerprint density at radius 3 is 1.54 bits per heavy atom. The summed E-state index contributed by atoms with van der Waals surface area (Å²) in [6.07, 6.45) is 23.2. The zero-order valence-corrected chi connectivity index (χ0v) is 26.3. The Bertz CT molecular complexity index is 556. The summed E-state index contributed by atoms with van der Waals surface area (Å²) in [5.74, 6) is -1.09. The summed E-state index contributed by atoms with van der Waals surface area (Å²) in [4.78, 5) is 14.2. The Hall–Kier alpha value is -0.690. The Balaban J connectivity index is 2.35. The highest BCUT2D eigenvalue weighted by Gasteiger charge is 2.40. The van der Waals surface area contributed by atoms with Crippen LogP contribution in [0.1, 0.15) is 163 Å². The minimum atomic E-state index is -0.826. The Labute approximate surface area is 241 Å². The Morgan fingerprint density at radius 2 is 1.13 bits per heavy atom. The molecule has 2 N–H and O–H groups in total. The molecule has 0 aromatic heterocycles. The van der Waals surface area contributed by atoms with E-state index in [1.807, 2.05) is 0 Å². The number of nitrogens with zero attached hydrogens (tertiary/aromatic N) is 1. The van der Waals surface area contributed by atoms with E-state index in [0.717, 1.165) is 45.1 Å². The van der Waals surface area contributed by atoms with Crippen LogP contribution in [0, 0.1) is 0 Å². The molecule has 1 saturated heterocycles. The van der Waals surface area contributed by atoms with Crippen LogP contribution in [0.15, 0.2) is 0 Å². The zero-order valence-electron chi connectivity index (χ0n) is 26.3. The molecular weight excluding hydrogens is 490 g/mol. The second kappa shape index (κ2) is 22.9. The lowest BCUT2D eigenvalue weighted by Crippen LogP contribution is -2.38. The van der Waals surface area contributed by atoms with Crippen molar-refractivity contribution in [3.8, 4) is 0 Å². The topological polar surface area (TPSA) is 79.2 Å². The van der Waals surface area contributed by atoms with E-state index in [4.69, 9.17) is 9.47 Å². The third-order valence-corrected chi connectivity index (χ3v) is 7.95. The molecule has 1 rings (SSSR count). The van der Waals surface area contributed by atoms with Gasteiger partial charge in [0.25, 0.3) is 0 Å². The van der Waals surface area contributed by atoms with Crippen molar-refractivity contribution in [2.75, 3.05) is 19.6 Å². The van der Waals surface area contributed by atoms with Crippen molar-refractivity contribution < 1.29 is 24.5 Å². The van der Waals surface area contributed by atoms with Crippen molar-refractivity contribution in [2.24, 2.45) is 0 Å². The van der Waals surface area contributed by atoms with Crippen LogP contribution >= 0.6 is 0 Å². The second-order valence-electron chi connectivity index (χ2n) is 12.5. The van der Waals surface area contributed by atoms with E-state index in [1.54, 1.807) is 13.8 Å². The number of carbonyl (C=O) groups is 1. The minimum Gasteiger partial charge on any atom is -0.432 e. The van der Waals surface area contributed by atoms with Crippen LogP contribution in [-0.4, -0.2) is 64.8 Å². The highest BCUT2D eigenvalue weighted by molar-refractivity contribution is 5.76. The number of aliphatic hydroxyl groups excluding tert-OH is 2. The lowest BCUT2D eigenvalue weighted by molar-refractivity contribution is -0.160. The van der Waals surface area contributed by atoms with Gasteiger partial charge in [-0.1, -0.05) is 117 Å². The molecule has 6 nitrogen and oxygen atoms in total. The van der Waals surface area contributed by atoms with Crippen LogP contribution in [0.3, 0.4) is 0 Å². The third kappa shape index (κ3) is 19.9. The van der Waals surface area contributed by atoms with E-state index in [0.29, 0.717) is 19.5 Å². The van der Waals surface area contributed by atoms with Gasteiger partial charge in [0, 0.05) is 26.9 Å². The fourth-order valence-electron chi connectivity index (χ4n) is 5.63. The first-order valence-corrected chi connectivity index (χ1v) is 16.8. The molecule has 0 radical (unpaired) electrons. The van der Waals surface area contributed by atoms with Crippen LogP contribution in [0.5, 0.6) is 0 Å². The lowest BCUT2D eigenvalue weighted by atomic mass is 10.0. The van der Waals surface area contributed by atoms with Crippen molar-refractivity contribution in [2.45, 2.75) is 187 Å². The molecule has 0 bridgehead atoms. The minimum absolute atomic E-state index is 0.265. The maximum atomic E-state index is 12.0. The monoisotopic (exact) mass is 555 g/mol. The summed E-state index contributed by atoms with van der Waals surface area (Å²) in [6.45, 7) is 10.1. The van der Waals surface area contributed by atoms with Gasteiger partial charge in [-0.2, -0.15) is 0 Å². The van der Waals surface area contributed by atoms with Gasteiger partial charge >= 0.3 is 5.97 Å². The van der Waals surface area contributed by atoms with E-state index in [1.165, 1.54) is 89.9 Å². The number of hydrogen-bond donors (Lipinski definition) is 2. The number of ether oxygens (including phenoxy) is 2. The summed E-state index contributed by atoms with van der Waals surface area (Å²) in [5, 5.41) is 21.5. The van der Waals surface area contributed by atoms with Crippen LogP contribution in [0.2, 0.25) is 0 Å². The molecule has 1 heterocycles. The summed E-state index contributed by atoms with van der Waals surface area (Å²) in [6, 6.07) is 0. The summed E-state index contributed by atoms with van der Waals surface area (Å²) >= 11 is 0. The molecule has 1 unspecified atom stereocenters. The van der Waals surface area contributed by atoms with Gasteiger partial charge in [-0.15, -0.1) is 0 Å². The number of esters is 1. The highest BCUT2D eigenvalue weighted by Crippen LogP contribution is 2.26. The van der Waals surface area contributed by atoms with E-state index in [9.17, 15) is 15.0 Å². The molecule has 0 amide bonds. The van der Waals surface area contributed by atoms with Crippen LogP contribution in [0.25, 0.3) is 0 Å². The quantitative estimate of drug-likeness (QED) is 0.0792. The van der Waals surface area contributed by atoms with Gasteiger partial charge in [-0.05, 0) is 38.6 Å². The number of carbonyl (C=O) groups excluding carboxylic acids is 1. The summed E-state index contributed by atoms with van der Waals surface area (Å²) in [5.41, 5.74) is 0. The molecule has 0 aromatic carbocycles. The molecule has 1 aliphatic heterocycles. The first-order chi connectivity index (χ1) is 18.8. The average Bonchev–Trinajstić information content (AvgIpc) is 3.15. The van der Waals surface area contributed by atoms with Crippen molar-refractivity contribution in [3.63, 3.8) is 0 Å². The number of unbranched alkanes of at least 4 members (excludes halogenated alkanes) is 15. The number of hydrogen-bond acceptors (Lipinski definition) is 6. The van der Waals surface area contributed by atoms with Crippen molar-refractivity contribution >= 4 is 5.97 Å². The Kier molecular flexibility index (Phi) is 21.4. The molecule has 0 saturated carbocycles. The van der Waals surface area contributed by atoms with Crippen LogP contribution in [-0.2, 0) is 14.3 Å². The zero-order chi connectivity index (χ0) is 28.8. The smallest absolute Gasteiger partial charge is 0.337 e. The largest absolute Gasteiger partial charge is 0.432 e. The van der Waals surface area contributed by atoms with Gasteiger partial charge < -0.3 is 19.7 Å². The molecule has 3 atom stereocenters. The molecule has 0 aliphatic carbocycles. The molecule has 0 aromatic rings. The molecule has 1 fully saturated rings. The van der Waals surface area contributed by atoms with Crippen molar-refractivity contribution in [1.29, 1.82) is 0 Å². The maximum absolute atomic E-state index is 12.0. The van der Waals surface area contributed by atoms with Gasteiger partial charge in [-0.25, -0.2) is 4.79 Å². The number of aliphatic hydroxyl groups is 2. The molecule has 232 valence electrons. The van der Waals surface area contributed by atoms with Crippen molar-refractivity contribution in [1.82, 2.24) is 4.90 Å². The Morgan fingerprint density at radius 1 is 0.692 bits per heavy atom. The normalized spacial score (nSPS) is 18.5. The van der Waals surface area contributed by atoms with E-state index in [2.05, 4.69) is 18.7 Å². The highest BCUT2D eigenvalue weighted by atomic mass is 16.8. The molecular formula is C33H65NO5. The standard InChI is InChI=1S/C33H65NO5/c1-5-7-9-11-13-15-17-19-23-29(35)27-34(26-22-21-25-31-32(37)39-33(3,4)38-31)28-30(36)24-20-18-16-14-12-10-8-6-2/h29-31,35-36H,5-28H2,1-4H3/t29-,30-,31?/m1/s1. The van der Waals surface area contributed by atoms with Gasteiger partial charge in [0.15, 0.2) is 6.10 Å². The van der Waals surface area contributed by atoms with Gasteiger partial charge in [0.2, 0.25) is 5.79 Å². The van der Waals surface area contributed by atoms with Crippen molar-refractivity contribution in [3.05, 3.63) is 0 Å². The van der Waals surface area contributed by atoms with Crippen LogP contribution < -0.4 is 0 Å². The summed E-state index contributed by atoms with van der Waals surface area (Å²) in [7, 11) is 0. The summed E-state index contributed by atoms with van der Waals surface area (Å²) < 4.78 is 11.0. The second-order valence-corrected chi connectivity index (χ2v) is 12.5. The van der Waals surface area contributed by atoms with E-state index < -0.39 is 11.9 Å². The SMILES string of the molecule is CCCCCCCCCC[C@@H](O)CN(CCCCC1OC(C)(C)OC1=O)C[C@H](O)CCCCCCCCCC. The predicted octanol–water partition coefficient (Wildman–Crippen LogP) is 7.92. The fourth-order valence-corrected chi connectivity index (χ4v) is 5.63. The predicted molar refractivity (Wildman–Crippen MR) is 162 cm³/mol. The lowest BCUT2D eigenvalue weighted by Gasteiger charge is -2.27. The molecule has 1 aliphatic rings. The maximum Gasteiger partial charge on any atom is 0.337 e. The average molecular weight is 556 g/mol. The van der Waals surface area contributed by atoms with E-state index in [-0.39, 0.29) is 18.2 Å². The first kappa shape index (κ1) is 36.3. The van der Waals surface area contributed by atoms with Crippen LogP contribution in [0.4, 0.5) is 0 Å². The van der Waals surface area contributed by atoms with E-state index >= 15 is 0 Å². The fraction of sp³-hybridized carbons (Fsp3) is 0.970. The number of cyclic esters (lactones) is 1. The van der Waals surface area contributed by atoms with Gasteiger partial charge in [-0.3, -0.25) is 4.90 Å². The third-order valence-electron chi connectivity index (χ3n) is 7.95. The first-order valence-electron chi connectivity index (χ1n) is 16.8. The molecule has 6 heteroatoms. The van der Waals surface area contributed by atoms with Gasteiger partial charge in [0.05, 0.1) is 12.2 Å².